The molecule has 1 aliphatic rings. The van der Waals surface area contributed by atoms with Crippen molar-refractivity contribution in [1.82, 2.24) is 4.90 Å². The summed E-state index contributed by atoms with van der Waals surface area (Å²) >= 11 is 0. The first-order chi connectivity index (χ1) is 12.0. The second kappa shape index (κ2) is 7.73. The molecule has 0 bridgehead atoms. The van der Waals surface area contributed by atoms with Crippen LogP contribution in [-0.4, -0.2) is 56.6 Å². The van der Waals surface area contributed by atoms with Crippen LogP contribution in [0.4, 0.5) is 0 Å². The molecule has 2 N–H and O–H groups in total. The molecule has 0 aromatic heterocycles. The SMILES string of the molecule is Cc1ccc(C(=O)OC(C)C(=O)N2CC(C)OC(C)C2)cc1S(N)(=O)=O. The van der Waals surface area contributed by atoms with Gasteiger partial charge in [0.25, 0.3) is 5.91 Å². The summed E-state index contributed by atoms with van der Waals surface area (Å²) in [5, 5.41) is 5.15. The van der Waals surface area contributed by atoms with E-state index in [4.69, 9.17) is 14.6 Å². The monoisotopic (exact) mass is 384 g/mol. The van der Waals surface area contributed by atoms with Crippen LogP contribution in [0.25, 0.3) is 0 Å². The Morgan fingerprint density at radius 3 is 2.38 bits per heavy atom. The number of amides is 1. The Bertz CT molecular complexity index is 797. The molecule has 144 valence electrons. The zero-order valence-electron chi connectivity index (χ0n) is 15.3. The molecule has 1 aromatic carbocycles. The zero-order valence-corrected chi connectivity index (χ0v) is 16.1. The van der Waals surface area contributed by atoms with Crippen LogP contribution in [0.5, 0.6) is 0 Å². The van der Waals surface area contributed by atoms with Gasteiger partial charge in [0, 0.05) is 13.1 Å². The van der Waals surface area contributed by atoms with Gasteiger partial charge in [-0.3, -0.25) is 4.79 Å². The molecule has 2 rings (SSSR count). The van der Waals surface area contributed by atoms with E-state index in [1.54, 1.807) is 11.8 Å². The molecule has 1 aromatic rings. The van der Waals surface area contributed by atoms with E-state index in [-0.39, 0.29) is 28.6 Å². The number of carbonyl (C=O) groups excluding carboxylic acids is 2. The molecular formula is C17H24N2O6S. The number of carbonyl (C=O) groups is 2. The Kier molecular flexibility index (Phi) is 6.05. The van der Waals surface area contributed by atoms with E-state index in [1.165, 1.54) is 19.1 Å². The van der Waals surface area contributed by atoms with Crippen molar-refractivity contribution in [2.45, 2.75) is 50.9 Å². The third-order valence-electron chi connectivity index (χ3n) is 4.09. The highest BCUT2D eigenvalue weighted by Gasteiger charge is 2.30. The number of benzene rings is 1. The number of rotatable bonds is 4. The second-order valence-corrected chi connectivity index (χ2v) is 8.10. The number of ether oxygens (including phenoxy) is 2. The minimum Gasteiger partial charge on any atom is -0.449 e. The van der Waals surface area contributed by atoms with E-state index >= 15 is 0 Å². The van der Waals surface area contributed by atoms with Gasteiger partial charge < -0.3 is 14.4 Å². The maximum absolute atomic E-state index is 12.5. The fraction of sp³-hybridized carbons (Fsp3) is 0.529. The lowest BCUT2D eigenvalue weighted by Crippen LogP contribution is -2.51. The Balaban J connectivity index is 2.11. The molecule has 26 heavy (non-hydrogen) atoms. The molecule has 8 nitrogen and oxygen atoms in total. The molecule has 1 heterocycles. The molecule has 3 atom stereocenters. The summed E-state index contributed by atoms with van der Waals surface area (Å²) < 4.78 is 34.0. The predicted molar refractivity (Wildman–Crippen MR) is 94.0 cm³/mol. The lowest BCUT2D eigenvalue weighted by atomic mass is 10.1. The van der Waals surface area contributed by atoms with Crippen LogP contribution < -0.4 is 5.14 Å². The van der Waals surface area contributed by atoms with Gasteiger partial charge in [0.05, 0.1) is 22.7 Å². The van der Waals surface area contributed by atoms with Crippen LogP contribution in [0.3, 0.4) is 0 Å². The van der Waals surface area contributed by atoms with Crippen LogP contribution in [0, 0.1) is 6.92 Å². The Hall–Kier alpha value is -1.97. The van der Waals surface area contributed by atoms with Gasteiger partial charge in [-0.15, -0.1) is 0 Å². The van der Waals surface area contributed by atoms with E-state index in [2.05, 4.69) is 0 Å². The second-order valence-electron chi connectivity index (χ2n) is 6.57. The minimum absolute atomic E-state index is 0.0167. The fourth-order valence-corrected chi connectivity index (χ4v) is 3.74. The maximum atomic E-state index is 12.5. The highest BCUT2D eigenvalue weighted by Crippen LogP contribution is 2.18. The lowest BCUT2D eigenvalue weighted by molar-refractivity contribution is -0.151. The summed E-state index contributed by atoms with van der Waals surface area (Å²) in [4.78, 5) is 26.3. The highest BCUT2D eigenvalue weighted by molar-refractivity contribution is 7.89. The fourth-order valence-electron chi connectivity index (χ4n) is 2.93. The quantitative estimate of drug-likeness (QED) is 0.769. The van der Waals surface area contributed by atoms with Crippen molar-refractivity contribution in [3.8, 4) is 0 Å². The number of esters is 1. The Morgan fingerprint density at radius 2 is 1.85 bits per heavy atom. The third-order valence-corrected chi connectivity index (χ3v) is 5.15. The van der Waals surface area contributed by atoms with E-state index in [9.17, 15) is 18.0 Å². The molecule has 1 saturated heterocycles. The van der Waals surface area contributed by atoms with Crippen molar-refractivity contribution in [2.75, 3.05) is 13.1 Å². The van der Waals surface area contributed by atoms with Crippen molar-refractivity contribution in [1.29, 1.82) is 0 Å². The van der Waals surface area contributed by atoms with Crippen molar-refractivity contribution in [3.63, 3.8) is 0 Å². The maximum Gasteiger partial charge on any atom is 0.338 e. The van der Waals surface area contributed by atoms with Crippen LogP contribution in [-0.2, 0) is 24.3 Å². The van der Waals surface area contributed by atoms with Gasteiger partial charge in [-0.25, -0.2) is 18.4 Å². The topological polar surface area (TPSA) is 116 Å². The standard InChI is InChI=1S/C17H24N2O6S/c1-10-5-6-14(7-15(10)26(18,22)23)17(21)25-13(4)16(20)19-8-11(2)24-12(3)9-19/h5-7,11-13H,8-9H2,1-4H3,(H2,18,22,23). The molecule has 0 saturated carbocycles. The number of nitrogens with zero attached hydrogens (tertiary/aromatic N) is 1. The first kappa shape index (κ1) is 20.3. The van der Waals surface area contributed by atoms with Gasteiger partial charge >= 0.3 is 5.97 Å². The Morgan fingerprint density at radius 1 is 1.27 bits per heavy atom. The average Bonchev–Trinajstić information content (AvgIpc) is 2.52. The summed E-state index contributed by atoms with van der Waals surface area (Å²) in [6.45, 7) is 7.64. The van der Waals surface area contributed by atoms with Crippen molar-refractivity contribution < 1.29 is 27.5 Å². The number of hydrogen-bond acceptors (Lipinski definition) is 6. The summed E-state index contributed by atoms with van der Waals surface area (Å²) in [5.41, 5.74) is 0.437. The molecular weight excluding hydrogens is 360 g/mol. The zero-order chi connectivity index (χ0) is 19.6. The molecule has 9 heteroatoms. The van der Waals surface area contributed by atoms with Gasteiger partial charge in [-0.05, 0) is 45.4 Å². The van der Waals surface area contributed by atoms with Crippen LogP contribution >= 0.6 is 0 Å². The number of nitrogens with two attached hydrogens (primary N) is 1. The van der Waals surface area contributed by atoms with Crippen molar-refractivity contribution in [3.05, 3.63) is 29.3 Å². The van der Waals surface area contributed by atoms with Crippen molar-refractivity contribution >= 4 is 21.9 Å². The van der Waals surface area contributed by atoms with E-state index in [1.807, 2.05) is 13.8 Å². The molecule has 1 amide bonds. The van der Waals surface area contributed by atoms with Gasteiger partial charge in [0.15, 0.2) is 6.10 Å². The molecule has 3 unspecified atom stereocenters. The van der Waals surface area contributed by atoms with E-state index in [0.717, 1.165) is 6.07 Å². The van der Waals surface area contributed by atoms with Gasteiger partial charge in [-0.2, -0.15) is 0 Å². The average molecular weight is 384 g/mol. The van der Waals surface area contributed by atoms with Gasteiger partial charge in [0.2, 0.25) is 10.0 Å². The van der Waals surface area contributed by atoms with E-state index < -0.39 is 22.1 Å². The number of hydrogen-bond donors (Lipinski definition) is 1. The van der Waals surface area contributed by atoms with Gasteiger partial charge in [-0.1, -0.05) is 6.07 Å². The van der Waals surface area contributed by atoms with Crippen LogP contribution in [0.2, 0.25) is 0 Å². The molecule has 1 aliphatic heterocycles. The Labute approximate surface area is 153 Å². The normalized spacial score (nSPS) is 22.0. The molecule has 0 spiro atoms. The van der Waals surface area contributed by atoms with Crippen molar-refractivity contribution in [2.24, 2.45) is 5.14 Å². The van der Waals surface area contributed by atoms with E-state index in [0.29, 0.717) is 18.7 Å². The van der Waals surface area contributed by atoms with Gasteiger partial charge in [0.1, 0.15) is 0 Å². The summed E-state index contributed by atoms with van der Waals surface area (Å²) in [6.07, 6.45) is -1.20. The summed E-state index contributed by atoms with van der Waals surface area (Å²) in [5.74, 6) is -1.11. The predicted octanol–water partition coefficient (Wildman–Crippen LogP) is 0.824. The van der Waals surface area contributed by atoms with Crippen LogP contribution in [0.1, 0.15) is 36.7 Å². The van der Waals surface area contributed by atoms with Crippen LogP contribution in [0.15, 0.2) is 23.1 Å². The first-order valence-electron chi connectivity index (χ1n) is 8.27. The molecule has 0 aliphatic carbocycles. The number of morpholine rings is 1. The lowest BCUT2D eigenvalue weighted by Gasteiger charge is -2.36. The molecule has 0 radical (unpaired) electrons. The largest absolute Gasteiger partial charge is 0.449 e. The summed E-state index contributed by atoms with van der Waals surface area (Å²) in [6, 6.07) is 4.06. The number of aryl methyl sites for hydroxylation is 1. The number of primary sulfonamides is 1. The summed E-state index contributed by atoms with van der Waals surface area (Å²) in [7, 11) is -3.96. The molecule has 1 fully saturated rings. The minimum atomic E-state index is -3.96. The highest BCUT2D eigenvalue weighted by atomic mass is 32.2. The third kappa shape index (κ3) is 4.80. The smallest absolute Gasteiger partial charge is 0.338 e. The first-order valence-corrected chi connectivity index (χ1v) is 9.82. The number of sulfonamides is 1.